The molecule has 2 nitrogen and oxygen atoms in total. The van der Waals surface area contributed by atoms with Crippen LogP contribution in [-0.2, 0) is 4.79 Å². The Morgan fingerprint density at radius 1 is 0.905 bits per heavy atom. The summed E-state index contributed by atoms with van der Waals surface area (Å²) >= 11 is 0. The van der Waals surface area contributed by atoms with E-state index in [1.54, 1.807) is 0 Å². The van der Waals surface area contributed by atoms with Crippen LogP contribution >= 0.6 is 0 Å². The van der Waals surface area contributed by atoms with Gasteiger partial charge in [-0.2, -0.15) is 0 Å². The molecule has 0 saturated carbocycles. The van der Waals surface area contributed by atoms with Crippen molar-refractivity contribution in [3.05, 3.63) is 11.6 Å². The highest BCUT2D eigenvalue weighted by molar-refractivity contribution is 5.80. The lowest BCUT2D eigenvalue weighted by Crippen LogP contribution is -2.00. The first-order chi connectivity index (χ1) is 10.1. The molecular formula is C19H36O2. The van der Waals surface area contributed by atoms with Crippen LogP contribution in [0, 0.1) is 5.92 Å². The Bertz CT molecular complexity index is 281. The smallest absolute Gasteiger partial charge is 0.328 e. The average molecular weight is 296 g/mol. The highest BCUT2D eigenvalue weighted by Gasteiger charge is 2.05. The van der Waals surface area contributed by atoms with E-state index in [9.17, 15) is 4.79 Å². The summed E-state index contributed by atoms with van der Waals surface area (Å²) in [6.07, 6.45) is 17.5. The number of allylic oxidation sites excluding steroid dienone is 1. The number of hydrogen-bond donors (Lipinski definition) is 1. The lowest BCUT2D eigenvalue weighted by molar-refractivity contribution is -0.131. The number of carbonyl (C=O) groups is 1. The Morgan fingerprint density at radius 3 is 1.76 bits per heavy atom. The molecule has 0 spiro atoms. The molecule has 0 aromatic heterocycles. The maximum absolute atomic E-state index is 10.6. The van der Waals surface area contributed by atoms with E-state index in [0.29, 0.717) is 5.92 Å². The number of carboxylic acids is 1. The van der Waals surface area contributed by atoms with Crippen molar-refractivity contribution in [1.82, 2.24) is 0 Å². The molecule has 0 aromatic rings. The van der Waals surface area contributed by atoms with Crippen LogP contribution in [0.2, 0.25) is 0 Å². The van der Waals surface area contributed by atoms with Gasteiger partial charge in [0.1, 0.15) is 0 Å². The van der Waals surface area contributed by atoms with Crippen molar-refractivity contribution in [2.24, 2.45) is 5.92 Å². The normalized spacial score (nSPS) is 13.4. The van der Waals surface area contributed by atoms with Gasteiger partial charge in [0, 0.05) is 6.08 Å². The van der Waals surface area contributed by atoms with Crippen LogP contribution in [0.1, 0.15) is 97.8 Å². The molecule has 2 heteroatoms. The molecule has 0 bridgehead atoms. The SMILES string of the molecule is CCCCCCCCCCCCCC(C)/C(C)=C/C(=O)O. The topological polar surface area (TPSA) is 37.3 Å². The zero-order valence-corrected chi connectivity index (χ0v) is 14.5. The van der Waals surface area contributed by atoms with Crippen molar-refractivity contribution >= 4 is 5.97 Å². The molecule has 0 aliphatic carbocycles. The third-order valence-electron chi connectivity index (χ3n) is 4.37. The predicted molar refractivity (Wildman–Crippen MR) is 91.6 cm³/mol. The summed E-state index contributed by atoms with van der Waals surface area (Å²) in [4.78, 5) is 10.6. The Kier molecular flexibility index (Phi) is 13.6. The van der Waals surface area contributed by atoms with E-state index in [4.69, 9.17) is 5.11 Å². The highest BCUT2D eigenvalue weighted by Crippen LogP contribution is 2.18. The Labute approximate surface area is 132 Å². The zero-order chi connectivity index (χ0) is 15.9. The fraction of sp³-hybridized carbons (Fsp3) is 0.842. The van der Waals surface area contributed by atoms with Crippen LogP contribution in [-0.4, -0.2) is 11.1 Å². The van der Waals surface area contributed by atoms with E-state index in [-0.39, 0.29) is 0 Å². The van der Waals surface area contributed by atoms with E-state index in [2.05, 4.69) is 13.8 Å². The van der Waals surface area contributed by atoms with Crippen molar-refractivity contribution < 1.29 is 9.90 Å². The zero-order valence-electron chi connectivity index (χ0n) is 14.5. The fourth-order valence-electron chi connectivity index (χ4n) is 2.68. The molecule has 1 unspecified atom stereocenters. The number of aliphatic carboxylic acids is 1. The Morgan fingerprint density at radius 2 is 1.33 bits per heavy atom. The summed E-state index contributed by atoms with van der Waals surface area (Å²) in [7, 11) is 0. The van der Waals surface area contributed by atoms with Gasteiger partial charge in [-0.1, -0.05) is 90.0 Å². The summed E-state index contributed by atoms with van der Waals surface area (Å²) in [5.41, 5.74) is 0.995. The van der Waals surface area contributed by atoms with Gasteiger partial charge in [0.15, 0.2) is 0 Å². The van der Waals surface area contributed by atoms with Gasteiger partial charge < -0.3 is 5.11 Å². The van der Waals surface area contributed by atoms with Gasteiger partial charge in [-0.3, -0.25) is 0 Å². The molecule has 1 atom stereocenters. The summed E-state index contributed by atoms with van der Waals surface area (Å²) in [6, 6.07) is 0. The van der Waals surface area contributed by atoms with Crippen molar-refractivity contribution in [3.63, 3.8) is 0 Å². The molecule has 0 saturated heterocycles. The maximum Gasteiger partial charge on any atom is 0.328 e. The molecule has 0 aromatic carbocycles. The standard InChI is InChI=1S/C19H36O2/c1-4-5-6-7-8-9-10-11-12-13-14-15-17(2)18(3)16-19(20)21/h16-17H,4-15H2,1-3H3,(H,20,21)/b18-16+. The van der Waals surface area contributed by atoms with Crippen molar-refractivity contribution in [2.45, 2.75) is 97.8 Å². The minimum Gasteiger partial charge on any atom is -0.478 e. The van der Waals surface area contributed by atoms with E-state index in [1.807, 2.05) is 6.92 Å². The molecule has 0 radical (unpaired) electrons. The van der Waals surface area contributed by atoms with Crippen molar-refractivity contribution in [2.75, 3.05) is 0 Å². The van der Waals surface area contributed by atoms with Crippen LogP contribution < -0.4 is 0 Å². The second kappa shape index (κ2) is 14.2. The summed E-state index contributed by atoms with van der Waals surface area (Å²) in [5, 5.41) is 8.72. The molecule has 124 valence electrons. The van der Waals surface area contributed by atoms with Crippen LogP contribution in [0.15, 0.2) is 11.6 Å². The van der Waals surface area contributed by atoms with Gasteiger partial charge in [0.05, 0.1) is 0 Å². The van der Waals surface area contributed by atoms with E-state index >= 15 is 0 Å². The van der Waals surface area contributed by atoms with Crippen molar-refractivity contribution in [3.8, 4) is 0 Å². The van der Waals surface area contributed by atoms with Crippen LogP contribution in [0.4, 0.5) is 0 Å². The molecule has 0 aliphatic heterocycles. The van der Waals surface area contributed by atoms with E-state index in [0.717, 1.165) is 12.0 Å². The first kappa shape index (κ1) is 20.2. The summed E-state index contributed by atoms with van der Waals surface area (Å²) in [5.74, 6) is -0.419. The number of hydrogen-bond acceptors (Lipinski definition) is 1. The van der Waals surface area contributed by atoms with Crippen LogP contribution in [0.25, 0.3) is 0 Å². The second-order valence-electron chi connectivity index (χ2n) is 6.45. The summed E-state index contributed by atoms with van der Waals surface area (Å²) < 4.78 is 0. The van der Waals surface area contributed by atoms with Crippen LogP contribution in [0.5, 0.6) is 0 Å². The third-order valence-corrected chi connectivity index (χ3v) is 4.37. The lowest BCUT2D eigenvalue weighted by Gasteiger charge is -2.11. The molecule has 0 heterocycles. The summed E-state index contributed by atoms with van der Waals surface area (Å²) in [6.45, 7) is 6.32. The number of unbranched alkanes of at least 4 members (excludes halogenated alkanes) is 10. The van der Waals surface area contributed by atoms with Crippen molar-refractivity contribution in [1.29, 1.82) is 0 Å². The Hall–Kier alpha value is -0.790. The molecule has 0 aliphatic rings. The minimum absolute atomic E-state index is 0.402. The maximum atomic E-state index is 10.6. The van der Waals surface area contributed by atoms with Gasteiger partial charge in [0.25, 0.3) is 0 Å². The number of carboxylic acid groups (broad SMARTS) is 1. The van der Waals surface area contributed by atoms with E-state index in [1.165, 1.54) is 76.7 Å². The van der Waals surface area contributed by atoms with Crippen LogP contribution in [0.3, 0.4) is 0 Å². The van der Waals surface area contributed by atoms with Gasteiger partial charge in [-0.15, -0.1) is 0 Å². The second-order valence-corrected chi connectivity index (χ2v) is 6.45. The molecule has 0 amide bonds. The van der Waals surface area contributed by atoms with Gasteiger partial charge >= 0.3 is 5.97 Å². The first-order valence-corrected chi connectivity index (χ1v) is 8.99. The minimum atomic E-state index is -0.821. The fourth-order valence-corrected chi connectivity index (χ4v) is 2.68. The molecular weight excluding hydrogens is 260 g/mol. The largest absolute Gasteiger partial charge is 0.478 e. The predicted octanol–water partition coefficient (Wildman–Crippen LogP) is 6.35. The average Bonchev–Trinajstić information content (AvgIpc) is 2.43. The molecule has 0 rings (SSSR count). The molecule has 1 N–H and O–H groups in total. The van der Waals surface area contributed by atoms with Gasteiger partial charge in [-0.05, 0) is 19.3 Å². The lowest BCUT2D eigenvalue weighted by atomic mass is 9.95. The number of rotatable bonds is 14. The third kappa shape index (κ3) is 13.9. The quantitative estimate of drug-likeness (QED) is 0.299. The monoisotopic (exact) mass is 296 g/mol. The van der Waals surface area contributed by atoms with E-state index < -0.39 is 5.97 Å². The first-order valence-electron chi connectivity index (χ1n) is 8.99. The van der Waals surface area contributed by atoms with Gasteiger partial charge in [-0.25, -0.2) is 4.79 Å². The highest BCUT2D eigenvalue weighted by atomic mass is 16.4. The molecule has 0 fully saturated rings. The van der Waals surface area contributed by atoms with Gasteiger partial charge in [0.2, 0.25) is 0 Å². The molecule has 21 heavy (non-hydrogen) atoms. The Balaban J connectivity index is 3.34.